The first-order chi connectivity index (χ1) is 13.0. The molecule has 0 aliphatic heterocycles. The van der Waals surface area contributed by atoms with Crippen molar-refractivity contribution in [1.82, 2.24) is 4.98 Å². The molecule has 1 amide bonds. The minimum Gasteiger partial charge on any atom is -0.465 e. The van der Waals surface area contributed by atoms with Gasteiger partial charge in [-0.3, -0.25) is 9.69 Å². The van der Waals surface area contributed by atoms with E-state index < -0.39 is 5.97 Å². The summed E-state index contributed by atoms with van der Waals surface area (Å²) in [6.45, 7) is 1.35. The van der Waals surface area contributed by atoms with Gasteiger partial charge in [0.1, 0.15) is 0 Å². The lowest BCUT2D eigenvalue weighted by molar-refractivity contribution is -0.856. The molecule has 140 valence electrons. The first-order valence-electron chi connectivity index (χ1n) is 8.64. The number of benzene rings is 2. The number of ether oxygens (including phenoxy) is 1. The number of hydrogen-bond donors (Lipinski definition) is 1. The molecule has 3 rings (SSSR count). The summed E-state index contributed by atoms with van der Waals surface area (Å²) in [5.74, 6) is -0.556. The number of esters is 1. The third-order valence-corrected chi connectivity index (χ3v) is 5.21. The lowest BCUT2D eigenvalue weighted by Gasteiger charge is -2.20. The van der Waals surface area contributed by atoms with E-state index in [-0.39, 0.29) is 5.91 Å². The van der Waals surface area contributed by atoms with Gasteiger partial charge in [0.05, 0.1) is 50.1 Å². The van der Waals surface area contributed by atoms with Crippen molar-refractivity contribution in [3.05, 3.63) is 59.7 Å². The second kappa shape index (κ2) is 8.28. The summed E-state index contributed by atoms with van der Waals surface area (Å²) >= 11 is 1.50. The van der Waals surface area contributed by atoms with Crippen LogP contribution in [0.2, 0.25) is 0 Å². The van der Waals surface area contributed by atoms with Crippen LogP contribution in [-0.4, -0.2) is 51.2 Å². The molecule has 0 aliphatic carbocycles. The molecule has 27 heavy (non-hydrogen) atoms. The van der Waals surface area contributed by atoms with Crippen LogP contribution in [0.3, 0.4) is 0 Å². The molecule has 0 saturated heterocycles. The van der Waals surface area contributed by atoms with Crippen LogP contribution in [0.4, 0.5) is 5.13 Å². The van der Waals surface area contributed by atoms with E-state index >= 15 is 0 Å². The van der Waals surface area contributed by atoms with Crippen LogP contribution in [0.15, 0.2) is 48.5 Å². The molecule has 3 aromatic rings. The Labute approximate surface area is 162 Å². The van der Waals surface area contributed by atoms with E-state index in [4.69, 9.17) is 4.74 Å². The van der Waals surface area contributed by atoms with Gasteiger partial charge < -0.3 is 9.64 Å². The number of quaternary nitrogens is 1. The molecule has 6 nitrogen and oxygen atoms in total. The average molecular weight is 384 g/mol. The van der Waals surface area contributed by atoms with Gasteiger partial charge in [-0.15, -0.1) is 0 Å². The Morgan fingerprint density at radius 3 is 2.37 bits per heavy atom. The van der Waals surface area contributed by atoms with Crippen molar-refractivity contribution in [3.8, 4) is 0 Å². The largest absolute Gasteiger partial charge is 0.465 e. The van der Waals surface area contributed by atoms with Crippen LogP contribution in [0.25, 0.3) is 10.2 Å². The van der Waals surface area contributed by atoms with Crippen LogP contribution in [0.1, 0.15) is 20.7 Å². The zero-order chi connectivity index (χ0) is 19.4. The summed E-state index contributed by atoms with van der Waals surface area (Å²) in [6, 6.07) is 14.4. The van der Waals surface area contributed by atoms with Crippen LogP contribution >= 0.6 is 11.3 Å². The van der Waals surface area contributed by atoms with Crippen LogP contribution in [-0.2, 0) is 4.74 Å². The highest BCUT2D eigenvalue weighted by atomic mass is 32.1. The van der Waals surface area contributed by atoms with Crippen LogP contribution in [0.5, 0.6) is 0 Å². The Morgan fingerprint density at radius 2 is 1.74 bits per heavy atom. The highest BCUT2D eigenvalue weighted by Crippen LogP contribution is 2.29. The van der Waals surface area contributed by atoms with E-state index in [1.54, 1.807) is 29.2 Å². The molecule has 1 aromatic heterocycles. The van der Waals surface area contributed by atoms with Crippen LogP contribution < -0.4 is 9.80 Å². The van der Waals surface area contributed by atoms with Gasteiger partial charge in [-0.1, -0.05) is 23.5 Å². The third kappa shape index (κ3) is 4.32. The maximum atomic E-state index is 13.2. The number of carbonyl (C=O) groups is 2. The standard InChI is InChI=1S/C20H21N3O3S/c1-22(2)12-13-23(20-21-16-6-4-5-7-17(16)27-20)18(24)14-8-10-15(11-9-14)19(25)26-3/h4-11H,12-13H2,1-3H3/p+1. The Hall–Kier alpha value is -2.77. The summed E-state index contributed by atoms with van der Waals surface area (Å²) in [7, 11) is 5.43. The molecular formula is C20H22N3O3S+. The lowest BCUT2D eigenvalue weighted by atomic mass is 10.1. The lowest BCUT2D eigenvalue weighted by Crippen LogP contribution is -3.06. The minimum absolute atomic E-state index is 0.133. The summed E-state index contributed by atoms with van der Waals surface area (Å²) in [6.07, 6.45) is 0. The van der Waals surface area contributed by atoms with Gasteiger partial charge in [-0.25, -0.2) is 9.78 Å². The smallest absolute Gasteiger partial charge is 0.337 e. The number of fused-ring (bicyclic) bond motifs is 1. The minimum atomic E-state index is -0.423. The molecule has 0 bridgehead atoms. The van der Waals surface area contributed by atoms with Crippen molar-refractivity contribution in [2.24, 2.45) is 0 Å². The van der Waals surface area contributed by atoms with Gasteiger partial charge >= 0.3 is 5.97 Å². The van der Waals surface area contributed by atoms with Gasteiger partial charge in [-0.2, -0.15) is 0 Å². The molecule has 7 heteroatoms. The van der Waals surface area contributed by atoms with E-state index in [2.05, 4.69) is 4.98 Å². The number of methoxy groups -OCH3 is 1. The van der Waals surface area contributed by atoms with Crippen molar-refractivity contribution < 1.29 is 19.2 Å². The number of thiazole rings is 1. The fraction of sp³-hybridized carbons (Fsp3) is 0.250. The number of likely N-dealkylation sites (N-methyl/N-ethyl adjacent to an activating group) is 1. The SMILES string of the molecule is COC(=O)c1ccc(C(=O)N(CC[NH+](C)C)c2nc3ccccc3s2)cc1. The number of rotatable bonds is 6. The fourth-order valence-electron chi connectivity index (χ4n) is 2.62. The normalized spacial score (nSPS) is 11.0. The predicted octanol–water partition coefficient (Wildman–Crippen LogP) is 1.87. The Morgan fingerprint density at radius 1 is 1.07 bits per heavy atom. The van der Waals surface area contributed by atoms with Crippen molar-refractivity contribution in [2.45, 2.75) is 0 Å². The highest BCUT2D eigenvalue weighted by Gasteiger charge is 2.22. The highest BCUT2D eigenvalue weighted by molar-refractivity contribution is 7.22. The Balaban J connectivity index is 1.92. The van der Waals surface area contributed by atoms with E-state index in [9.17, 15) is 9.59 Å². The number of carbonyl (C=O) groups excluding carboxylic acids is 2. The third-order valence-electron chi connectivity index (χ3n) is 4.15. The average Bonchev–Trinajstić information content (AvgIpc) is 3.11. The topological polar surface area (TPSA) is 63.9 Å². The van der Waals surface area contributed by atoms with E-state index in [0.717, 1.165) is 16.8 Å². The number of nitrogens with zero attached hydrogens (tertiary/aromatic N) is 2. The Kier molecular flexibility index (Phi) is 5.83. The summed E-state index contributed by atoms with van der Waals surface area (Å²) in [5.41, 5.74) is 1.81. The van der Waals surface area contributed by atoms with Crippen molar-refractivity contribution in [2.75, 3.05) is 39.2 Å². The zero-order valence-electron chi connectivity index (χ0n) is 15.6. The van der Waals surface area contributed by atoms with E-state index in [0.29, 0.717) is 22.8 Å². The zero-order valence-corrected chi connectivity index (χ0v) is 16.4. The monoisotopic (exact) mass is 384 g/mol. The van der Waals surface area contributed by atoms with E-state index in [1.807, 2.05) is 38.4 Å². The fourth-order valence-corrected chi connectivity index (χ4v) is 3.61. The molecular weight excluding hydrogens is 362 g/mol. The van der Waals surface area contributed by atoms with Crippen LogP contribution in [0, 0.1) is 0 Å². The first-order valence-corrected chi connectivity index (χ1v) is 9.46. The molecule has 0 saturated carbocycles. The van der Waals surface area contributed by atoms with Crippen molar-refractivity contribution >= 4 is 38.6 Å². The van der Waals surface area contributed by atoms with Gasteiger partial charge in [-0.05, 0) is 36.4 Å². The maximum absolute atomic E-state index is 13.2. The number of para-hydroxylation sites is 1. The number of hydrogen-bond acceptors (Lipinski definition) is 5. The molecule has 0 fully saturated rings. The van der Waals surface area contributed by atoms with Crippen molar-refractivity contribution in [1.29, 1.82) is 0 Å². The molecule has 2 aromatic carbocycles. The molecule has 0 spiro atoms. The van der Waals surface area contributed by atoms with Gasteiger partial charge in [0.25, 0.3) is 5.91 Å². The molecule has 0 radical (unpaired) electrons. The summed E-state index contributed by atoms with van der Waals surface area (Å²) < 4.78 is 5.75. The number of nitrogens with one attached hydrogen (secondary N) is 1. The molecule has 1 heterocycles. The van der Waals surface area contributed by atoms with Crippen molar-refractivity contribution in [3.63, 3.8) is 0 Å². The second-order valence-electron chi connectivity index (χ2n) is 6.45. The molecule has 1 N–H and O–H groups in total. The van der Waals surface area contributed by atoms with Gasteiger partial charge in [0.2, 0.25) is 0 Å². The summed E-state index contributed by atoms with van der Waals surface area (Å²) in [4.78, 5) is 32.3. The number of amides is 1. The molecule has 0 unspecified atom stereocenters. The van der Waals surface area contributed by atoms with Gasteiger partial charge in [0.15, 0.2) is 5.13 Å². The van der Waals surface area contributed by atoms with E-state index in [1.165, 1.54) is 23.3 Å². The number of anilines is 1. The van der Waals surface area contributed by atoms with Gasteiger partial charge in [0, 0.05) is 5.56 Å². The Bertz CT molecular complexity index is 918. The molecule has 0 aliphatic rings. The predicted molar refractivity (Wildman–Crippen MR) is 107 cm³/mol. The number of aromatic nitrogens is 1. The first kappa shape index (κ1) is 19.0. The maximum Gasteiger partial charge on any atom is 0.337 e. The quantitative estimate of drug-likeness (QED) is 0.659. The summed E-state index contributed by atoms with van der Waals surface area (Å²) in [5, 5.41) is 0.680. The molecule has 0 atom stereocenters. The second-order valence-corrected chi connectivity index (χ2v) is 7.46.